The van der Waals surface area contributed by atoms with E-state index in [0.29, 0.717) is 35.0 Å². The molecule has 3 rings (SSSR count). The highest BCUT2D eigenvalue weighted by molar-refractivity contribution is 7.92. The van der Waals surface area contributed by atoms with Crippen LogP contribution < -0.4 is 19.5 Å². The van der Waals surface area contributed by atoms with Gasteiger partial charge in [0.25, 0.3) is 15.9 Å². The van der Waals surface area contributed by atoms with Gasteiger partial charge in [-0.2, -0.15) is 0 Å². The summed E-state index contributed by atoms with van der Waals surface area (Å²) in [6, 6.07) is 19.5. The lowest BCUT2D eigenvalue weighted by molar-refractivity contribution is 0.102. The first-order valence-electron chi connectivity index (χ1n) is 11.4. The van der Waals surface area contributed by atoms with Crippen molar-refractivity contribution in [3.8, 4) is 11.5 Å². The largest absolute Gasteiger partial charge is 0.493 e. The number of nitrogens with zero attached hydrogens (tertiary/aromatic N) is 1. The zero-order valence-electron chi connectivity index (χ0n) is 20.2. The third-order valence-corrected chi connectivity index (χ3v) is 6.83. The minimum atomic E-state index is -3.70. The lowest BCUT2D eigenvalue weighted by atomic mass is 10.2. The third kappa shape index (κ3) is 7.21. The number of carbonyl (C=O) groups is 1. The highest BCUT2D eigenvalue weighted by atomic mass is 32.2. The third-order valence-electron chi connectivity index (χ3n) is 5.43. The van der Waals surface area contributed by atoms with Gasteiger partial charge in [0.1, 0.15) is 6.61 Å². The van der Waals surface area contributed by atoms with Crippen molar-refractivity contribution >= 4 is 27.3 Å². The van der Waals surface area contributed by atoms with Crippen LogP contribution in [0, 0.1) is 0 Å². The maximum Gasteiger partial charge on any atom is 0.261 e. The van der Waals surface area contributed by atoms with Crippen molar-refractivity contribution in [1.82, 2.24) is 4.90 Å². The van der Waals surface area contributed by atoms with Gasteiger partial charge < -0.3 is 19.7 Å². The lowest BCUT2D eigenvalue weighted by Crippen LogP contribution is -2.28. The Morgan fingerprint density at radius 1 is 0.886 bits per heavy atom. The molecule has 0 heterocycles. The van der Waals surface area contributed by atoms with Gasteiger partial charge in [0, 0.05) is 29.5 Å². The molecule has 9 heteroatoms. The highest BCUT2D eigenvalue weighted by Gasteiger charge is 2.14. The number of ether oxygens (including phenoxy) is 2. The molecule has 0 atom stereocenters. The average Bonchev–Trinajstić information content (AvgIpc) is 2.87. The van der Waals surface area contributed by atoms with Crippen LogP contribution in [0.4, 0.5) is 11.4 Å². The van der Waals surface area contributed by atoms with Crippen LogP contribution in [0.2, 0.25) is 0 Å². The molecule has 0 bridgehead atoms. The van der Waals surface area contributed by atoms with Gasteiger partial charge in [0.2, 0.25) is 0 Å². The Hall–Kier alpha value is -3.56. The number of nitrogens with one attached hydrogen (secondary N) is 2. The Morgan fingerprint density at radius 3 is 2.17 bits per heavy atom. The summed E-state index contributed by atoms with van der Waals surface area (Å²) in [4.78, 5) is 15.2. The molecule has 0 saturated heterocycles. The van der Waals surface area contributed by atoms with Crippen molar-refractivity contribution in [2.24, 2.45) is 0 Å². The predicted octanol–water partition coefficient (Wildman–Crippen LogP) is 4.47. The highest BCUT2D eigenvalue weighted by Crippen LogP contribution is 2.30. The van der Waals surface area contributed by atoms with Crippen molar-refractivity contribution in [2.75, 3.05) is 43.4 Å². The van der Waals surface area contributed by atoms with E-state index in [1.165, 1.54) is 12.1 Å². The molecule has 0 unspecified atom stereocenters. The second-order valence-corrected chi connectivity index (χ2v) is 9.37. The normalized spacial score (nSPS) is 11.2. The molecule has 0 aliphatic carbocycles. The van der Waals surface area contributed by atoms with Crippen LogP contribution in [0.5, 0.6) is 11.5 Å². The number of anilines is 2. The molecular formula is C26H31N3O5S. The van der Waals surface area contributed by atoms with Gasteiger partial charge >= 0.3 is 0 Å². The Bertz CT molecular complexity index is 1210. The Balaban J connectivity index is 1.65. The van der Waals surface area contributed by atoms with Gasteiger partial charge in [-0.3, -0.25) is 9.52 Å². The molecule has 0 spiro atoms. The summed E-state index contributed by atoms with van der Waals surface area (Å²) < 4.78 is 38.8. The zero-order valence-corrected chi connectivity index (χ0v) is 21.0. The van der Waals surface area contributed by atoms with Gasteiger partial charge in [-0.25, -0.2) is 8.42 Å². The first-order chi connectivity index (χ1) is 16.9. The second kappa shape index (κ2) is 12.2. The number of sulfonamides is 1. The molecule has 35 heavy (non-hydrogen) atoms. The number of rotatable bonds is 12. The Kier molecular flexibility index (Phi) is 9.11. The molecule has 0 aromatic heterocycles. The van der Waals surface area contributed by atoms with Crippen molar-refractivity contribution in [2.45, 2.75) is 18.7 Å². The molecule has 0 aliphatic heterocycles. The number of hydrogen-bond acceptors (Lipinski definition) is 6. The van der Waals surface area contributed by atoms with E-state index in [9.17, 15) is 13.2 Å². The summed E-state index contributed by atoms with van der Waals surface area (Å²) in [6.45, 7) is 7.37. The van der Waals surface area contributed by atoms with Gasteiger partial charge in [0.05, 0.1) is 12.0 Å². The monoisotopic (exact) mass is 497 g/mol. The lowest BCUT2D eigenvalue weighted by Gasteiger charge is -2.19. The Morgan fingerprint density at radius 2 is 1.54 bits per heavy atom. The van der Waals surface area contributed by atoms with Gasteiger partial charge in [0.15, 0.2) is 11.5 Å². The van der Waals surface area contributed by atoms with E-state index in [1.807, 2.05) is 0 Å². The van der Waals surface area contributed by atoms with Gasteiger partial charge in [-0.1, -0.05) is 32.0 Å². The summed E-state index contributed by atoms with van der Waals surface area (Å²) in [5.74, 6) is 0.794. The molecule has 0 radical (unpaired) electrons. The first kappa shape index (κ1) is 26.1. The molecule has 2 N–H and O–H groups in total. The summed E-state index contributed by atoms with van der Waals surface area (Å²) in [5, 5.41) is 2.84. The van der Waals surface area contributed by atoms with Crippen molar-refractivity contribution in [1.29, 1.82) is 0 Å². The summed E-state index contributed by atoms with van der Waals surface area (Å²) >= 11 is 0. The van der Waals surface area contributed by atoms with Crippen LogP contribution >= 0.6 is 0 Å². The van der Waals surface area contributed by atoms with Crippen LogP contribution in [-0.4, -0.2) is 52.6 Å². The predicted molar refractivity (Wildman–Crippen MR) is 138 cm³/mol. The fraction of sp³-hybridized carbons (Fsp3) is 0.269. The van der Waals surface area contributed by atoms with Crippen LogP contribution in [-0.2, 0) is 10.0 Å². The van der Waals surface area contributed by atoms with E-state index in [1.54, 1.807) is 67.8 Å². The van der Waals surface area contributed by atoms with Crippen LogP contribution in [0.15, 0.2) is 77.7 Å². The molecule has 186 valence electrons. The molecule has 3 aromatic carbocycles. The van der Waals surface area contributed by atoms with Crippen LogP contribution in [0.3, 0.4) is 0 Å². The summed E-state index contributed by atoms with van der Waals surface area (Å²) in [5.41, 5.74) is 1.30. The topological polar surface area (TPSA) is 97.0 Å². The van der Waals surface area contributed by atoms with Crippen LogP contribution in [0.25, 0.3) is 0 Å². The van der Waals surface area contributed by atoms with Gasteiger partial charge in [-0.15, -0.1) is 0 Å². The van der Waals surface area contributed by atoms with Crippen molar-refractivity contribution < 1.29 is 22.7 Å². The molecule has 0 aliphatic rings. The van der Waals surface area contributed by atoms with E-state index in [0.717, 1.165) is 19.6 Å². The van der Waals surface area contributed by atoms with Gasteiger partial charge in [-0.05, 0) is 61.6 Å². The molecule has 1 amide bonds. The van der Waals surface area contributed by atoms with E-state index in [-0.39, 0.29) is 10.8 Å². The van der Waals surface area contributed by atoms with Crippen molar-refractivity contribution in [3.63, 3.8) is 0 Å². The number of carbonyl (C=O) groups excluding carboxylic acids is 1. The molecule has 3 aromatic rings. The number of likely N-dealkylation sites (N-methyl/N-ethyl adjacent to an activating group) is 1. The smallest absolute Gasteiger partial charge is 0.261 e. The average molecular weight is 498 g/mol. The summed E-state index contributed by atoms with van der Waals surface area (Å²) in [7, 11) is -2.13. The fourth-order valence-corrected chi connectivity index (χ4v) is 4.48. The minimum absolute atomic E-state index is 0.163. The minimum Gasteiger partial charge on any atom is -0.493 e. The maximum atomic E-state index is 12.8. The number of methoxy groups -OCH3 is 1. The second-order valence-electron chi connectivity index (χ2n) is 7.69. The number of hydrogen-bond donors (Lipinski definition) is 2. The molecule has 8 nitrogen and oxygen atoms in total. The maximum absolute atomic E-state index is 12.8. The molecule has 0 saturated carbocycles. The Labute approximate surface area is 206 Å². The quantitative estimate of drug-likeness (QED) is 0.383. The fourth-order valence-electron chi connectivity index (χ4n) is 3.40. The zero-order chi connectivity index (χ0) is 25.3. The van der Waals surface area contributed by atoms with E-state index >= 15 is 0 Å². The van der Waals surface area contributed by atoms with Crippen LogP contribution in [0.1, 0.15) is 24.2 Å². The van der Waals surface area contributed by atoms with Crippen molar-refractivity contribution in [3.05, 3.63) is 78.4 Å². The van der Waals surface area contributed by atoms with E-state index in [4.69, 9.17) is 9.47 Å². The molecular weight excluding hydrogens is 466 g/mol. The SMILES string of the molecule is CCN(CC)CCOc1cc(NC(=O)c2ccc(NS(=O)(=O)c3ccccc3)cc2)ccc1OC. The number of amides is 1. The molecule has 0 fully saturated rings. The first-order valence-corrected chi connectivity index (χ1v) is 12.9. The standard InChI is InChI=1S/C26H31N3O5S/c1-4-29(5-2)17-18-34-25-19-22(15-16-24(25)33-3)27-26(30)20-11-13-21(14-12-20)28-35(31,32)23-9-7-6-8-10-23/h6-16,19,28H,4-5,17-18H2,1-3H3,(H,27,30). The summed E-state index contributed by atoms with van der Waals surface area (Å²) in [6.07, 6.45) is 0. The van der Waals surface area contributed by atoms with E-state index in [2.05, 4.69) is 28.8 Å². The van der Waals surface area contributed by atoms with E-state index < -0.39 is 10.0 Å². The number of benzene rings is 3.